The lowest BCUT2D eigenvalue weighted by molar-refractivity contribution is -0.125. The Bertz CT molecular complexity index is 809. The number of pyridine rings is 1. The van der Waals surface area contributed by atoms with Gasteiger partial charge in [0.05, 0.1) is 28.9 Å². The zero-order valence-electron chi connectivity index (χ0n) is 14.2. The Kier molecular flexibility index (Phi) is 5.53. The number of aryl methyl sites for hydroxylation is 1. The van der Waals surface area contributed by atoms with Gasteiger partial charge < -0.3 is 15.7 Å². The number of nitrogens with zero attached hydrogens (tertiary/aromatic N) is 3. The van der Waals surface area contributed by atoms with Crippen molar-refractivity contribution in [2.45, 2.75) is 31.5 Å². The molecule has 3 N–H and O–H groups in total. The fraction of sp³-hybridized carbons (Fsp3) is 0.412. The first-order valence-corrected chi connectivity index (χ1v) is 8.65. The number of rotatable bonds is 5. The Morgan fingerprint density at radius 3 is 2.88 bits per heavy atom. The van der Waals surface area contributed by atoms with Crippen molar-refractivity contribution in [3.05, 3.63) is 47.0 Å². The van der Waals surface area contributed by atoms with E-state index in [0.717, 1.165) is 5.56 Å². The minimum Gasteiger partial charge on any atom is -0.391 e. The maximum absolute atomic E-state index is 12.3. The Balaban J connectivity index is 1.54. The van der Waals surface area contributed by atoms with E-state index in [1.807, 2.05) is 6.20 Å². The van der Waals surface area contributed by atoms with Gasteiger partial charge in [-0.1, -0.05) is 11.6 Å². The molecule has 1 fully saturated rings. The average molecular weight is 378 g/mol. The first-order valence-electron chi connectivity index (χ1n) is 8.27. The highest BCUT2D eigenvalue weighted by molar-refractivity contribution is 6.33. The molecule has 1 aliphatic carbocycles. The van der Waals surface area contributed by atoms with Crippen LogP contribution in [0.5, 0.6) is 0 Å². The Labute approximate surface area is 155 Å². The molecule has 3 atom stereocenters. The fourth-order valence-electron chi connectivity index (χ4n) is 3.09. The van der Waals surface area contributed by atoms with E-state index >= 15 is 0 Å². The lowest BCUT2D eigenvalue weighted by Crippen LogP contribution is -2.40. The molecule has 9 heteroatoms. The predicted molar refractivity (Wildman–Crippen MR) is 94.3 cm³/mol. The molecule has 2 amide bonds. The Morgan fingerprint density at radius 1 is 1.38 bits per heavy atom. The molecule has 138 valence electrons. The quantitative estimate of drug-likeness (QED) is 0.709. The van der Waals surface area contributed by atoms with Crippen molar-refractivity contribution >= 4 is 23.4 Å². The van der Waals surface area contributed by atoms with Crippen molar-refractivity contribution in [1.82, 2.24) is 25.4 Å². The van der Waals surface area contributed by atoms with Crippen molar-refractivity contribution in [2.24, 2.45) is 13.0 Å². The van der Waals surface area contributed by atoms with Gasteiger partial charge in [0.2, 0.25) is 5.91 Å². The number of hydrogen-bond donors (Lipinski definition) is 3. The molecule has 0 spiro atoms. The van der Waals surface area contributed by atoms with Crippen LogP contribution < -0.4 is 10.6 Å². The summed E-state index contributed by atoms with van der Waals surface area (Å²) >= 11 is 5.96. The molecule has 2 aromatic rings. The van der Waals surface area contributed by atoms with Gasteiger partial charge in [0.15, 0.2) is 0 Å². The molecule has 0 saturated heterocycles. The summed E-state index contributed by atoms with van der Waals surface area (Å²) in [5.74, 6) is -0.899. The van der Waals surface area contributed by atoms with Gasteiger partial charge >= 0.3 is 0 Å². The smallest absolute Gasteiger partial charge is 0.253 e. The average Bonchev–Trinajstić information content (AvgIpc) is 3.19. The molecular formula is C17H20ClN5O3. The second-order valence-electron chi connectivity index (χ2n) is 6.41. The van der Waals surface area contributed by atoms with Crippen molar-refractivity contribution in [3.63, 3.8) is 0 Å². The summed E-state index contributed by atoms with van der Waals surface area (Å²) in [6.07, 6.45) is 6.25. The standard InChI is InChI=1S/C17H20ClN5O3/c1-23-9-10(7-21-23)6-20-16(25)11-4-14(15(24)5-11)22-17(26)12-2-3-19-8-13(12)18/h2-3,7-9,11,14-15,24H,4-6H2,1H3,(H,20,25)(H,22,26)/t11-,14+,15+/m0/s1. The van der Waals surface area contributed by atoms with E-state index in [2.05, 4.69) is 20.7 Å². The number of carbonyl (C=O) groups is 2. The summed E-state index contributed by atoms with van der Waals surface area (Å²) in [5.41, 5.74) is 1.19. The number of carbonyl (C=O) groups excluding carboxylic acids is 2. The van der Waals surface area contributed by atoms with Gasteiger partial charge in [-0.25, -0.2) is 0 Å². The highest BCUT2D eigenvalue weighted by Gasteiger charge is 2.37. The highest BCUT2D eigenvalue weighted by atomic mass is 35.5. The highest BCUT2D eigenvalue weighted by Crippen LogP contribution is 2.27. The molecule has 1 saturated carbocycles. The molecule has 0 aromatic carbocycles. The second-order valence-corrected chi connectivity index (χ2v) is 6.82. The minimum absolute atomic E-state index is 0.147. The summed E-state index contributed by atoms with van der Waals surface area (Å²) in [6.45, 7) is 0.378. The van der Waals surface area contributed by atoms with E-state index in [-0.39, 0.29) is 16.8 Å². The molecule has 0 radical (unpaired) electrons. The van der Waals surface area contributed by atoms with Gasteiger partial charge in [-0.3, -0.25) is 19.3 Å². The van der Waals surface area contributed by atoms with Crippen LogP contribution in [0.25, 0.3) is 0 Å². The molecular weight excluding hydrogens is 358 g/mol. The van der Waals surface area contributed by atoms with Gasteiger partial charge in [0, 0.05) is 43.7 Å². The molecule has 0 aliphatic heterocycles. The first kappa shape index (κ1) is 18.3. The minimum atomic E-state index is -0.784. The third kappa shape index (κ3) is 4.20. The molecule has 0 bridgehead atoms. The molecule has 8 nitrogen and oxygen atoms in total. The summed E-state index contributed by atoms with van der Waals surface area (Å²) in [5, 5.41) is 20.1. The van der Waals surface area contributed by atoms with Crippen molar-refractivity contribution < 1.29 is 14.7 Å². The lowest BCUT2D eigenvalue weighted by atomic mass is 10.1. The van der Waals surface area contributed by atoms with Crippen LogP contribution in [-0.4, -0.2) is 43.8 Å². The number of aliphatic hydroxyl groups is 1. The summed E-state index contributed by atoms with van der Waals surface area (Å²) < 4.78 is 1.66. The van der Waals surface area contributed by atoms with E-state index < -0.39 is 18.1 Å². The van der Waals surface area contributed by atoms with Crippen LogP contribution in [-0.2, 0) is 18.4 Å². The van der Waals surface area contributed by atoms with Crippen molar-refractivity contribution in [3.8, 4) is 0 Å². The zero-order valence-corrected chi connectivity index (χ0v) is 15.0. The molecule has 1 aliphatic rings. The van der Waals surface area contributed by atoms with Crippen LogP contribution in [0.15, 0.2) is 30.9 Å². The number of aliphatic hydroxyl groups excluding tert-OH is 1. The predicted octanol–water partition coefficient (Wildman–Crippen LogP) is 0.654. The van der Waals surface area contributed by atoms with Crippen LogP contribution in [0.1, 0.15) is 28.8 Å². The van der Waals surface area contributed by atoms with Crippen LogP contribution in [0.4, 0.5) is 0 Å². The van der Waals surface area contributed by atoms with Gasteiger partial charge in [-0.15, -0.1) is 0 Å². The van der Waals surface area contributed by atoms with E-state index in [1.54, 1.807) is 17.9 Å². The fourth-order valence-corrected chi connectivity index (χ4v) is 3.29. The summed E-state index contributed by atoms with van der Waals surface area (Å²) in [7, 11) is 1.81. The van der Waals surface area contributed by atoms with E-state index in [0.29, 0.717) is 24.9 Å². The van der Waals surface area contributed by atoms with Crippen LogP contribution >= 0.6 is 11.6 Å². The largest absolute Gasteiger partial charge is 0.391 e. The molecule has 26 heavy (non-hydrogen) atoms. The summed E-state index contributed by atoms with van der Waals surface area (Å²) in [6, 6.07) is 1.01. The molecule has 0 unspecified atom stereocenters. The summed E-state index contributed by atoms with van der Waals surface area (Å²) in [4.78, 5) is 28.5. The first-order chi connectivity index (χ1) is 12.4. The maximum Gasteiger partial charge on any atom is 0.253 e. The van der Waals surface area contributed by atoms with Gasteiger partial charge in [-0.05, 0) is 18.9 Å². The second kappa shape index (κ2) is 7.84. The number of amides is 2. The Hall–Kier alpha value is -2.45. The normalized spacial score (nSPS) is 22.2. The van der Waals surface area contributed by atoms with Crippen LogP contribution in [0, 0.1) is 5.92 Å². The third-order valence-electron chi connectivity index (χ3n) is 4.46. The topological polar surface area (TPSA) is 109 Å². The van der Waals surface area contributed by atoms with Crippen LogP contribution in [0.3, 0.4) is 0 Å². The monoisotopic (exact) mass is 377 g/mol. The van der Waals surface area contributed by atoms with E-state index in [4.69, 9.17) is 11.6 Å². The lowest BCUT2D eigenvalue weighted by Gasteiger charge is -2.16. The third-order valence-corrected chi connectivity index (χ3v) is 4.76. The van der Waals surface area contributed by atoms with Gasteiger partial charge in [-0.2, -0.15) is 5.10 Å². The number of hydrogen-bond acceptors (Lipinski definition) is 5. The number of aromatic nitrogens is 3. The van der Waals surface area contributed by atoms with Gasteiger partial charge in [0.1, 0.15) is 0 Å². The number of halogens is 1. The van der Waals surface area contributed by atoms with E-state index in [1.165, 1.54) is 18.5 Å². The number of nitrogens with one attached hydrogen (secondary N) is 2. The van der Waals surface area contributed by atoms with E-state index in [9.17, 15) is 14.7 Å². The molecule has 2 heterocycles. The van der Waals surface area contributed by atoms with Crippen LogP contribution in [0.2, 0.25) is 5.02 Å². The zero-order chi connectivity index (χ0) is 18.7. The SMILES string of the molecule is Cn1cc(CNC(=O)[C@@H]2C[C@@H](O)[C@H](NC(=O)c3ccncc3Cl)C2)cn1. The molecule has 3 rings (SSSR count). The van der Waals surface area contributed by atoms with Crippen molar-refractivity contribution in [1.29, 1.82) is 0 Å². The van der Waals surface area contributed by atoms with Crippen molar-refractivity contribution in [2.75, 3.05) is 0 Å². The Morgan fingerprint density at radius 2 is 2.19 bits per heavy atom. The van der Waals surface area contributed by atoms with Gasteiger partial charge in [0.25, 0.3) is 5.91 Å². The maximum atomic E-state index is 12.3. The molecule has 2 aromatic heterocycles.